The first kappa shape index (κ1) is 20.5. The van der Waals surface area contributed by atoms with E-state index in [2.05, 4.69) is 20.2 Å². The molecule has 2 heterocycles. The van der Waals surface area contributed by atoms with Crippen LogP contribution in [0.2, 0.25) is 0 Å². The van der Waals surface area contributed by atoms with Crippen LogP contribution in [-0.4, -0.2) is 21.4 Å². The minimum atomic E-state index is -4.37. The van der Waals surface area contributed by atoms with Gasteiger partial charge >= 0.3 is 6.18 Å². The van der Waals surface area contributed by atoms with Gasteiger partial charge < -0.3 is 10.5 Å². The van der Waals surface area contributed by atoms with Crippen LogP contribution in [0.3, 0.4) is 0 Å². The van der Waals surface area contributed by atoms with E-state index >= 15 is 0 Å². The summed E-state index contributed by atoms with van der Waals surface area (Å²) in [6.07, 6.45) is -3.58. The minimum Gasteiger partial charge on any atom is -0.439 e. The fourth-order valence-electron chi connectivity index (χ4n) is 3.20. The van der Waals surface area contributed by atoms with Crippen LogP contribution in [0.1, 0.15) is 28.9 Å². The van der Waals surface area contributed by atoms with E-state index < -0.39 is 11.7 Å². The maximum atomic E-state index is 12.9. The van der Waals surface area contributed by atoms with Gasteiger partial charge in [-0.05, 0) is 48.4 Å². The number of benzene rings is 2. The number of aromatic nitrogens is 2. The summed E-state index contributed by atoms with van der Waals surface area (Å²) in [5, 5.41) is 8.35. The summed E-state index contributed by atoms with van der Waals surface area (Å²) in [6.45, 7) is 1.72. The number of halogens is 3. The van der Waals surface area contributed by atoms with Crippen molar-refractivity contribution in [2.75, 3.05) is 5.73 Å². The van der Waals surface area contributed by atoms with Crippen LogP contribution in [0.15, 0.2) is 64.8 Å². The Morgan fingerprint density at radius 3 is 2.48 bits per heavy atom. The molecule has 0 saturated heterocycles. The highest BCUT2D eigenvalue weighted by molar-refractivity contribution is 6.15. The second-order valence-corrected chi connectivity index (χ2v) is 7.07. The third-order valence-electron chi connectivity index (χ3n) is 4.59. The SMILES string of the molecule is Cc1nc(N)cc(Oc2ccc(C3=NN=C(Cc4cccc(C(F)(F)F)c4)C3)cc2)n1. The van der Waals surface area contributed by atoms with Gasteiger partial charge in [-0.3, -0.25) is 0 Å². The third kappa shape index (κ3) is 5.06. The highest BCUT2D eigenvalue weighted by Gasteiger charge is 2.30. The zero-order chi connectivity index (χ0) is 22.0. The van der Waals surface area contributed by atoms with E-state index in [1.807, 2.05) is 12.1 Å². The Morgan fingerprint density at radius 2 is 1.77 bits per heavy atom. The monoisotopic (exact) mass is 425 g/mol. The summed E-state index contributed by atoms with van der Waals surface area (Å²) in [6, 6.07) is 14.0. The van der Waals surface area contributed by atoms with Crippen molar-refractivity contribution in [3.63, 3.8) is 0 Å². The topological polar surface area (TPSA) is 85.8 Å². The van der Waals surface area contributed by atoms with Crippen molar-refractivity contribution in [3.05, 3.63) is 77.1 Å². The van der Waals surface area contributed by atoms with Gasteiger partial charge in [-0.25, -0.2) is 4.98 Å². The number of nitrogens with zero attached hydrogens (tertiary/aromatic N) is 4. The van der Waals surface area contributed by atoms with Gasteiger partial charge in [0.25, 0.3) is 0 Å². The van der Waals surface area contributed by atoms with Gasteiger partial charge in [-0.1, -0.05) is 18.2 Å². The highest BCUT2D eigenvalue weighted by Crippen LogP contribution is 2.30. The molecule has 1 aliphatic heterocycles. The maximum absolute atomic E-state index is 12.9. The highest BCUT2D eigenvalue weighted by atomic mass is 19.4. The molecule has 0 fully saturated rings. The van der Waals surface area contributed by atoms with E-state index in [1.54, 1.807) is 25.1 Å². The van der Waals surface area contributed by atoms with Crippen LogP contribution in [0.4, 0.5) is 19.0 Å². The predicted molar refractivity (Wildman–Crippen MR) is 111 cm³/mol. The number of hydrogen-bond donors (Lipinski definition) is 1. The fraction of sp³-hybridized carbons (Fsp3) is 0.182. The van der Waals surface area contributed by atoms with Crippen molar-refractivity contribution in [2.24, 2.45) is 10.2 Å². The molecule has 2 aromatic carbocycles. The van der Waals surface area contributed by atoms with Gasteiger partial charge in [0.1, 0.15) is 17.4 Å². The van der Waals surface area contributed by atoms with Gasteiger partial charge in [0.15, 0.2) is 0 Å². The molecule has 0 radical (unpaired) electrons. The van der Waals surface area contributed by atoms with E-state index in [0.717, 1.165) is 23.4 Å². The van der Waals surface area contributed by atoms with Crippen LogP contribution >= 0.6 is 0 Å². The van der Waals surface area contributed by atoms with E-state index in [-0.39, 0.29) is 0 Å². The zero-order valence-corrected chi connectivity index (χ0v) is 16.5. The first-order valence-corrected chi connectivity index (χ1v) is 9.44. The van der Waals surface area contributed by atoms with E-state index in [9.17, 15) is 13.2 Å². The molecule has 3 aromatic rings. The first-order chi connectivity index (χ1) is 14.8. The molecule has 0 saturated carbocycles. The van der Waals surface area contributed by atoms with E-state index in [4.69, 9.17) is 10.5 Å². The molecular weight excluding hydrogens is 407 g/mol. The van der Waals surface area contributed by atoms with Gasteiger partial charge in [-0.15, -0.1) is 0 Å². The van der Waals surface area contributed by atoms with Crippen LogP contribution in [0.5, 0.6) is 11.6 Å². The van der Waals surface area contributed by atoms with Crippen molar-refractivity contribution < 1.29 is 17.9 Å². The number of ether oxygens (including phenoxy) is 1. The number of rotatable bonds is 5. The molecule has 0 aliphatic carbocycles. The average molecular weight is 425 g/mol. The van der Waals surface area contributed by atoms with Crippen LogP contribution in [0.25, 0.3) is 0 Å². The number of alkyl halides is 3. The second-order valence-electron chi connectivity index (χ2n) is 7.07. The number of anilines is 1. The Hall–Kier alpha value is -3.75. The predicted octanol–water partition coefficient (Wildman–Crippen LogP) is 4.97. The molecule has 0 atom stereocenters. The molecular formula is C22H18F3N5O. The fourth-order valence-corrected chi connectivity index (χ4v) is 3.20. The van der Waals surface area contributed by atoms with Gasteiger partial charge in [0.2, 0.25) is 5.88 Å². The molecule has 158 valence electrons. The van der Waals surface area contributed by atoms with Crippen molar-refractivity contribution in [3.8, 4) is 11.6 Å². The molecule has 0 bridgehead atoms. The molecule has 1 aliphatic rings. The minimum absolute atomic E-state index is 0.312. The van der Waals surface area contributed by atoms with Gasteiger partial charge in [0.05, 0.1) is 17.0 Å². The zero-order valence-electron chi connectivity index (χ0n) is 16.5. The summed E-state index contributed by atoms with van der Waals surface area (Å²) in [5.74, 6) is 1.76. The molecule has 31 heavy (non-hydrogen) atoms. The van der Waals surface area contributed by atoms with Gasteiger partial charge in [0, 0.05) is 18.9 Å². The largest absolute Gasteiger partial charge is 0.439 e. The Bertz CT molecular complexity index is 1150. The lowest BCUT2D eigenvalue weighted by molar-refractivity contribution is -0.137. The molecule has 0 spiro atoms. The molecule has 0 amide bonds. The summed E-state index contributed by atoms with van der Waals surface area (Å²) < 4.78 is 44.4. The van der Waals surface area contributed by atoms with Crippen molar-refractivity contribution in [2.45, 2.75) is 25.9 Å². The molecule has 4 rings (SSSR count). The molecule has 0 unspecified atom stereocenters. The number of nitrogens with two attached hydrogens (primary N) is 1. The standard InChI is InChI=1S/C22H18F3N5O/c1-13-27-20(26)12-21(28-13)31-18-7-5-15(6-8-18)19-11-17(29-30-19)10-14-3-2-4-16(9-14)22(23,24)25/h2-9,12H,10-11H2,1H3,(H2,26,27,28). The Labute approximate surface area is 176 Å². The average Bonchev–Trinajstić information content (AvgIpc) is 3.16. The lowest BCUT2D eigenvalue weighted by Gasteiger charge is -2.09. The maximum Gasteiger partial charge on any atom is 0.416 e. The van der Waals surface area contributed by atoms with E-state index in [0.29, 0.717) is 47.4 Å². The normalized spacial score (nSPS) is 13.7. The quantitative estimate of drug-likeness (QED) is 0.625. The molecule has 2 N–H and O–H groups in total. The number of nitrogen functional groups attached to an aromatic ring is 1. The van der Waals surface area contributed by atoms with E-state index in [1.165, 1.54) is 12.1 Å². The molecule has 1 aromatic heterocycles. The number of aryl methyl sites for hydroxylation is 1. The number of hydrogen-bond acceptors (Lipinski definition) is 6. The van der Waals surface area contributed by atoms with Gasteiger partial charge in [-0.2, -0.15) is 28.4 Å². The van der Waals surface area contributed by atoms with Crippen molar-refractivity contribution in [1.82, 2.24) is 9.97 Å². The Morgan fingerprint density at radius 1 is 1.00 bits per heavy atom. The summed E-state index contributed by atoms with van der Waals surface area (Å²) in [5.41, 5.74) is 7.90. The van der Waals surface area contributed by atoms with Crippen LogP contribution < -0.4 is 10.5 Å². The van der Waals surface area contributed by atoms with Crippen molar-refractivity contribution >= 4 is 17.2 Å². The third-order valence-corrected chi connectivity index (χ3v) is 4.59. The molecule has 9 heteroatoms. The lowest BCUT2D eigenvalue weighted by atomic mass is 10.00. The Kier molecular flexibility index (Phi) is 5.41. The smallest absolute Gasteiger partial charge is 0.416 e. The molecule has 6 nitrogen and oxygen atoms in total. The van der Waals surface area contributed by atoms with Crippen LogP contribution in [0, 0.1) is 6.92 Å². The summed E-state index contributed by atoms with van der Waals surface area (Å²) >= 11 is 0. The first-order valence-electron chi connectivity index (χ1n) is 9.44. The summed E-state index contributed by atoms with van der Waals surface area (Å²) in [4.78, 5) is 8.17. The Balaban J connectivity index is 1.39. The second kappa shape index (κ2) is 8.17. The lowest BCUT2D eigenvalue weighted by Crippen LogP contribution is -2.09. The van der Waals surface area contributed by atoms with Crippen LogP contribution in [-0.2, 0) is 12.6 Å². The summed E-state index contributed by atoms with van der Waals surface area (Å²) in [7, 11) is 0. The van der Waals surface area contributed by atoms with Crippen molar-refractivity contribution in [1.29, 1.82) is 0 Å².